The molecular weight excluding hydrogens is 231 g/mol. The van der Waals surface area contributed by atoms with E-state index in [1.807, 2.05) is 4.90 Å². The van der Waals surface area contributed by atoms with Crippen molar-refractivity contribution in [1.29, 1.82) is 0 Å². The quantitative estimate of drug-likeness (QED) is 0.743. The Hall–Kier alpha value is -1.94. The van der Waals surface area contributed by atoms with E-state index in [4.69, 9.17) is 0 Å². The molecule has 18 heavy (non-hydrogen) atoms. The normalized spacial score (nSPS) is 22.3. The minimum atomic E-state index is -0.307. The molecule has 0 spiro atoms. The highest BCUT2D eigenvalue weighted by molar-refractivity contribution is 6.07. The Balaban J connectivity index is 2.09. The maximum absolute atomic E-state index is 13.3. The highest BCUT2D eigenvalue weighted by Gasteiger charge is 2.45. The summed E-state index contributed by atoms with van der Waals surface area (Å²) < 4.78 is 13.3. The maximum Gasteiger partial charge on any atom is 0.242 e. The van der Waals surface area contributed by atoms with E-state index >= 15 is 0 Å². The van der Waals surface area contributed by atoms with Crippen LogP contribution in [0.3, 0.4) is 0 Å². The lowest BCUT2D eigenvalue weighted by atomic mass is 10.1. The molecule has 1 atom stereocenters. The number of carbonyl (C=O) groups excluding carboxylic acids is 1. The van der Waals surface area contributed by atoms with Crippen molar-refractivity contribution in [1.82, 2.24) is 4.90 Å². The first-order valence-electron chi connectivity index (χ1n) is 5.79. The van der Waals surface area contributed by atoms with Gasteiger partial charge in [0.05, 0.1) is 12.2 Å². The number of amides is 1. The van der Waals surface area contributed by atoms with Crippen molar-refractivity contribution < 1.29 is 9.18 Å². The van der Waals surface area contributed by atoms with Gasteiger partial charge in [-0.2, -0.15) is 0 Å². The van der Waals surface area contributed by atoms with E-state index in [1.54, 1.807) is 17.0 Å². The van der Waals surface area contributed by atoms with Crippen molar-refractivity contribution in [3.8, 4) is 0 Å². The summed E-state index contributed by atoms with van der Waals surface area (Å²) in [7, 11) is 0. The summed E-state index contributed by atoms with van der Waals surface area (Å²) in [6, 6.07) is 4.46. The predicted molar refractivity (Wildman–Crippen MR) is 68.5 cm³/mol. The molecule has 0 bridgehead atoms. The number of nitrogens with zero attached hydrogens (tertiary/aromatic N) is 2. The molecule has 0 aliphatic carbocycles. The SMILES string of the molecule is C=CCN1CC(=O)N2c3ccc(F)cc3C(=C)C12. The zero-order valence-electron chi connectivity index (χ0n) is 9.90. The van der Waals surface area contributed by atoms with Gasteiger partial charge >= 0.3 is 0 Å². The maximum atomic E-state index is 13.3. The Morgan fingerprint density at radius 3 is 3.00 bits per heavy atom. The Kier molecular flexibility index (Phi) is 2.35. The van der Waals surface area contributed by atoms with Gasteiger partial charge in [0.25, 0.3) is 0 Å². The van der Waals surface area contributed by atoms with Crippen LogP contribution in [0.5, 0.6) is 0 Å². The lowest BCUT2D eigenvalue weighted by molar-refractivity contribution is -0.116. The highest BCUT2D eigenvalue weighted by atomic mass is 19.1. The third-order valence-electron chi connectivity index (χ3n) is 3.44. The molecule has 0 saturated carbocycles. The monoisotopic (exact) mass is 244 g/mol. The molecule has 92 valence electrons. The molecule has 0 radical (unpaired) electrons. The van der Waals surface area contributed by atoms with Crippen LogP contribution in [0.15, 0.2) is 37.4 Å². The van der Waals surface area contributed by atoms with Crippen LogP contribution in [-0.4, -0.2) is 30.1 Å². The van der Waals surface area contributed by atoms with Crippen molar-refractivity contribution >= 4 is 17.2 Å². The molecule has 1 aromatic rings. The number of fused-ring (bicyclic) bond motifs is 3. The minimum Gasteiger partial charge on any atom is -0.290 e. The molecule has 1 saturated heterocycles. The average molecular weight is 244 g/mol. The minimum absolute atomic E-state index is 0.0216. The van der Waals surface area contributed by atoms with Gasteiger partial charge in [-0.1, -0.05) is 12.7 Å². The van der Waals surface area contributed by atoms with Gasteiger partial charge in [-0.05, 0) is 23.8 Å². The molecule has 2 aliphatic heterocycles. The van der Waals surface area contributed by atoms with Crippen LogP contribution in [0.2, 0.25) is 0 Å². The Morgan fingerprint density at radius 1 is 1.50 bits per heavy atom. The fraction of sp³-hybridized carbons (Fsp3) is 0.214. The molecular formula is C14H13FN2O. The molecule has 2 aliphatic rings. The topological polar surface area (TPSA) is 23.6 Å². The van der Waals surface area contributed by atoms with Crippen molar-refractivity contribution in [2.24, 2.45) is 0 Å². The number of hydrogen-bond acceptors (Lipinski definition) is 2. The van der Waals surface area contributed by atoms with Gasteiger partial charge in [-0.3, -0.25) is 14.6 Å². The Bertz CT molecular complexity index is 567. The highest BCUT2D eigenvalue weighted by Crippen LogP contribution is 2.43. The summed E-state index contributed by atoms with van der Waals surface area (Å²) >= 11 is 0. The second-order valence-electron chi connectivity index (χ2n) is 4.54. The van der Waals surface area contributed by atoms with Gasteiger partial charge in [0, 0.05) is 12.1 Å². The van der Waals surface area contributed by atoms with Gasteiger partial charge in [0.15, 0.2) is 0 Å². The first kappa shape index (κ1) is 11.2. The van der Waals surface area contributed by atoms with Crippen molar-refractivity contribution in [2.75, 3.05) is 18.0 Å². The van der Waals surface area contributed by atoms with Crippen molar-refractivity contribution in [3.63, 3.8) is 0 Å². The molecule has 4 heteroatoms. The lowest BCUT2D eigenvalue weighted by Gasteiger charge is -2.23. The average Bonchev–Trinajstić information content (AvgIpc) is 2.79. The van der Waals surface area contributed by atoms with E-state index < -0.39 is 0 Å². The van der Waals surface area contributed by atoms with Crippen LogP contribution in [0.25, 0.3) is 5.57 Å². The fourth-order valence-corrected chi connectivity index (χ4v) is 2.72. The van der Waals surface area contributed by atoms with Crippen LogP contribution in [0.1, 0.15) is 5.56 Å². The van der Waals surface area contributed by atoms with E-state index in [9.17, 15) is 9.18 Å². The van der Waals surface area contributed by atoms with Gasteiger partial charge in [-0.25, -0.2) is 4.39 Å². The molecule has 1 aromatic carbocycles. The van der Waals surface area contributed by atoms with E-state index in [-0.39, 0.29) is 17.9 Å². The number of benzene rings is 1. The van der Waals surface area contributed by atoms with E-state index in [2.05, 4.69) is 13.2 Å². The van der Waals surface area contributed by atoms with E-state index in [0.29, 0.717) is 13.1 Å². The summed E-state index contributed by atoms with van der Waals surface area (Å²) in [6.07, 6.45) is 1.57. The molecule has 2 heterocycles. The van der Waals surface area contributed by atoms with Crippen LogP contribution in [-0.2, 0) is 4.79 Å². The molecule has 3 nitrogen and oxygen atoms in total. The summed E-state index contributed by atoms with van der Waals surface area (Å²) in [5.41, 5.74) is 2.25. The van der Waals surface area contributed by atoms with Crippen LogP contribution in [0.4, 0.5) is 10.1 Å². The van der Waals surface area contributed by atoms with Crippen LogP contribution < -0.4 is 4.90 Å². The largest absolute Gasteiger partial charge is 0.290 e. The summed E-state index contributed by atoms with van der Waals surface area (Å²) in [6.45, 7) is 8.67. The van der Waals surface area contributed by atoms with Crippen LogP contribution >= 0.6 is 0 Å². The van der Waals surface area contributed by atoms with Crippen molar-refractivity contribution in [2.45, 2.75) is 6.17 Å². The third-order valence-corrected chi connectivity index (χ3v) is 3.44. The first-order chi connectivity index (χ1) is 8.63. The molecule has 1 unspecified atom stereocenters. The molecule has 0 N–H and O–H groups in total. The van der Waals surface area contributed by atoms with Gasteiger partial charge in [-0.15, -0.1) is 6.58 Å². The number of anilines is 1. The first-order valence-corrected chi connectivity index (χ1v) is 5.79. The Morgan fingerprint density at radius 2 is 2.28 bits per heavy atom. The van der Waals surface area contributed by atoms with Crippen LogP contribution in [0, 0.1) is 5.82 Å². The number of halogens is 1. The molecule has 0 aromatic heterocycles. The number of carbonyl (C=O) groups is 1. The summed E-state index contributed by atoms with van der Waals surface area (Å²) in [5.74, 6) is -0.285. The van der Waals surface area contributed by atoms with Gasteiger partial charge in [0.2, 0.25) is 5.91 Å². The fourth-order valence-electron chi connectivity index (χ4n) is 2.72. The predicted octanol–water partition coefficient (Wildman–Crippen LogP) is 2.01. The Labute approximate surface area is 105 Å². The zero-order valence-corrected chi connectivity index (χ0v) is 9.90. The second kappa shape index (κ2) is 3.78. The van der Waals surface area contributed by atoms with Gasteiger partial charge in [0.1, 0.15) is 12.0 Å². The second-order valence-corrected chi connectivity index (χ2v) is 4.54. The molecule has 1 fully saturated rings. The summed E-state index contributed by atoms with van der Waals surface area (Å²) in [5, 5.41) is 0. The third kappa shape index (κ3) is 1.36. The standard InChI is InChI=1S/C14H13FN2O/c1-3-6-16-8-13(18)17-12-5-4-10(15)7-11(12)9(2)14(16)17/h3-5,7,14H,1-2,6,8H2. The molecule has 1 amide bonds. The molecule has 3 rings (SSSR count). The van der Waals surface area contributed by atoms with E-state index in [1.165, 1.54) is 12.1 Å². The van der Waals surface area contributed by atoms with Crippen molar-refractivity contribution in [3.05, 3.63) is 48.8 Å². The lowest BCUT2D eigenvalue weighted by Crippen LogP contribution is -2.36. The number of hydrogen-bond donors (Lipinski definition) is 0. The van der Waals surface area contributed by atoms with Gasteiger partial charge < -0.3 is 0 Å². The number of rotatable bonds is 2. The smallest absolute Gasteiger partial charge is 0.242 e. The summed E-state index contributed by atoms with van der Waals surface area (Å²) in [4.78, 5) is 15.7. The zero-order chi connectivity index (χ0) is 12.9. The van der Waals surface area contributed by atoms with E-state index in [0.717, 1.165) is 16.8 Å².